The highest BCUT2D eigenvalue weighted by Crippen LogP contribution is 2.25. The van der Waals surface area contributed by atoms with E-state index in [9.17, 15) is 9.59 Å². The van der Waals surface area contributed by atoms with Crippen molar-refractivity contribution in [1.29, 1.82) is 0 Å². The number of furan rings is 1. The van der Waals surface area contributed by atoms with E-state index in [0.29, 0.717) is 17.9 Å². The lowest BCUT2D eigenvalue weighted by atomic mass is 10.0. The SMILES string of the molecule is COC(=O)c1cc(C(=O)OC)cc(-c2ccc(CNCCN(C)C)o2)c1.[Cl-].[Cl-]. The maximum Gasteiger partial charge on any atom is 0.337 e. The molecule has 2 rings (SSSR count). The predicted octanol–water partition coefficient (Wildman–Crippen LogP) is -3.82. The van der Waals surface area contributed by atoms with Crippen molar-refractivity contribution in [2.75, 3.05) is 41.4 Å². The summed E-state index contributed by atoms with van der Waals surface area (Å²) in [7, 11) is 6.61. The van der Waals surface area contributed by atoms with Crippen LogP contribution in [-0.4, -0.2) is 58.2 Å². The van der Waals surface area contributed by atoms with Crippen LogP contribution in [0.4, 0.5) is 0 Å². The van der Waals surface area contributed by atoms with Gasteiger partial charge in [-0.1, -0.05) is 0 Å². The minimum atomic E-state index is -0.533. The van der Waals surface area contributed by atoms with E-state index in [2.05, 4.69) is 10.2 Å². The molecular weight excluding hydrogens is 407 g/mol. The summed E-state index contributed by atoms with van der Waals surface area (Å²) in [5, 5.41) is 3.29. The average molecular weight is 431 g/mol. The van der Waals surface area contributed by atoms with Gasteiger partial charge >= 0.3 is 11.9 Å². The van der Waals surface area contributed by atoms with Crippen LogP contribution in [0.1, 0.15) is 26.5 Å². The zero-order valence-corrected chi connectivity index (χ0v) is 17.8. The fraction of sp³-hybridized carbons (Fsp3) is 0.368. The second-order valence-corrected chi connectivity index (χ2v) is 6.03. The first-order chi connectivity index (χ1) is 12.4. The fourth-order valence-corrected chi connectivity index (χ4v) is 2.38. The molecule has 1 N–H and O–H groups in total. The first-order valence-electron chi connectivity index (χ1n) is 8.21. The van der Waals surface area contributed by atoms with Crippen LogP contribution in [0.2, 0.25) is 0 Å². The number of rotatable bonds is 8. The smallest absolute Gasteiger partial charge is 0.337 e. The number of methoxy groups -OCH3 is 2. The molecule has 0 aliphatic heterocycles. The maximum absolute atomic E-state index is 11.9. The zero-order valence-electron chi connectivity index (χ0n) is 16.3. The Balaban J connectivity index is 0.00000364. The Bertz CT molecular complexity index is 743. The number of benzene rings is 1. The van der Waals surface area contributed by atoms with Crippen LogP contribution in [0.3, 0.4) is 0 Å². The number of carbonyl (C=O) groups excluding carboxylic acids is 2. The van der Waals surface area contributed by atoms with E-state index in [4.69, 9.17) is 13.9 Å². The molecule has 0 saturated carbocycles. The molecular formula is C19H24Cl2N2O5-2. The van der Waals surface area contributed by atoms with E-state index in [1.54, 1.807) is 18.2 Å². The van der Waals surface area contributed by atoms with Crippen LogP contribution < -0.4 is 30.1 Å². The van der Waals surface area contributed by atoms with Crippen LogP contribution in [-0.2, 0) is 16.0 Å². The molecule has 7 nitrogen and oxygen atoms in total. The second-order valence-electron chi connectivity index (χ2n) is 6.03. The number of carbonyl (C=O) groups is 2. The van der Waals surface area contributed by atoms with Gasteiger partial charge in [-0.25, -0.2) is 9.59 Å². The van der Waals surface area contributed by atoms with Gasteiger partial charge in [-0.2, -0.15) is 0 Å². The Hall–Kier alpha value is -2.06. The van der Waals surface area contributed by atoms with Crippen molar-refractivity contribution < 1.29 is 48.3 Å². The molecule has 28 heavy (non-hydrogen) atoms. The van der Waals surface area contributed by atoms with Gasteiger partial charge in [0.1, 0.15) is 11.5 Å². The summed E-state index contributed by atoms with van der Waals surface area (Å²) in [5.41, 5.74) is 1.12. The van der Waals surface area contributed by atoms with Gasteiger partial charge in [0.15, 0.2) is 0 Å². The van der Waals surface area contributed by atoms with Crippen molar-refractivity contribution in [3.05, 3.63) is 47.2 Å². The summed E-state index contributed by atoms with van der Waals surface area (Å²) in [6, 6.07) is 8.36. The number of hydrogen-bond donors (Lipinski definition) is 1. The van der Waals surface area contributed by atoms with Crippen molar-refractivity contribution in [2.45, 2.75) is 6.54 Å². The van der Waals surface area contributed by atoms with Gasteiger partial charge in [-0.05, 0) is 44.4 Å². The Labute approximate surface area is 177 Å². The standard InChI is InChI=1S/C19H24N2O5.2ClH/c1-21(2)8-7-20-12-16-5-6-17(26-16)13-9-14(18(22)24-3)11-15(10-13)19(23)25-4;;/h5-6,9-11,20H,7-8,12H2,1-4H3;2*1H/p-2. The van der Waals surface area contributed by atoms with Gasteiger partial charge in [0.2, 0.25) is 0 Å². The van der Waals surface area contributed by atoms with Crippen molar-refractivity contribution in [1.82, 2.24) is 10.2 Å². The van der Waals surface area contributed by atoms with Crippen LogP contribution in [0, 0.1) is 0 Å². The largest absolute Gasteiger partial charge is 1.00 e. The molecule has 0 saturated heterocycles. The lowest BCUT2D eigenvalue weighted by Crippen LogP contribution is -3.00. The third kappa shape index (κ3) is 7.16. The van der Waals surface area contributed by atoms with Crippen molar-refractivity contribution >= 4 is 11.9 Å². The highest BCUT2D eigenvalue weighted by Gasteiger charge is 2.16. The molecule has 0 spiro atoms. The number of esters is 2. The highest BCUT2D eigenvalue weighted by atomic mass is 35.5. The number of ether oxygens (including phenoxy) is 2. The molecule has 0 radical (unpaired) electrons. The van der Waals surface area contributed by atoms with E-state index >= 15 is 0 Å². The normalized spacial score (nSPS) is 10.0. The number of nitrogens with zero attached hydrogens (tertiary/aromatic N) is 1. The summed E-state index contributed by atoms with van der Waals surface area (Å²) in [5.74, 6) is 0.260. The Morgan fingerprint density at radius 2 is 1.57 bits per heavy atom. The summed E-state index contributed by atoms with van der Waals surface area (Å²) in [6.45, 7) is 2.36. The van der Waals surface area contributed by atoms with Gasteiger partial charge in [-0.15, -0.1) is 0 Å². The number of halogens is 2. The number of likely N-dealkylation sites (N-methyl/N-ethyl adjacent to an activating group) is 1. The summed E-state index contributed by atoms with van der Waals surface area (Å²) >= 11 is 0. The van der Waals surface area contributed by atoms with E-state index in [1.165, 1.54) is 20.3 Å². The van der Waals surface area contributed by atoms with Gasteiger partial charge < -0.3 is 48.9 Å². The van der Waals surface area contributed by atoms with Gasteiger partial charge in [0.25, 0.3) is 0 Å². The van der Waals surface area contributed by atoms with Crippen LogP contribution in [0.25, 0.3) is 11.3 Å². The zero-order chi connectivity index (χ0) is 19.1. The minimum Gasteiger partial charge on any atom is -1.00 e. The lowest BCUT2D eigenvalue weighted by Gasteiger charge is -2.09. The Morgan fingerprint density at radius 1 is 1.00 bits per heavy atom. The minimum absolute atomic E-state index is 0. The first-order valence-corrected chi connectivity index (χ1v) is 8.21. The number of nitrogens with one attached hydrogen (secondary N) is 1. The molecule has 0 aliphatic rings. The van der Waals surface area contributed by atoms with Crippen LogP contribution in [0.5, 0.6) is 0 Å². The molecule has 0 fully saturated rings. The Morgan fingerprint density at radius 3 is 2.07 bits per heavy atom. The number of hydrogen-bond acceptors (Lipinski definition) is 7. The van der Waals surface area contributed by atoms with Crippen molar-refractivity contribution in [2.24, 2.45) is 0 Å². The summed E-state index contributed by atoms with van der Waals surface area (Å²) < 4.78 is 15.3. The van der Waals surface area contributed by atoms with Crippen molar-refractivity contribution in [3.63, 3.8) is 0 Å². The van der Waals surface area contributed by atoms with Gasteiger partial charge in [-0.3, -0.25) is 0 Å². The third-order valence-electron chi connectivity index (χ3n) is 3.76. The average Bonchev–Trinajstić information content (AvgIpc) is 3.12. The molecule has 0 atom stereocenters. The highest BCUT2D eigenvalue weighted by molar-refractivity contribution is 5.97. The third-order valence-corrected chi connectivity index (χ3v) is 3.76. The van der Waals surface area contributed by atoms with Crippen molar-refractivity contribution in [3.8, 4) is 11.3 Å². The first kappa shape index (κ1) is 25.9. The molecule has 0 bridgehead atoms. The molecule has 1 aromatic carbocycles. The summed E-state index contributed by atoms with van der Waals surface area (Å²) in [4.78, 5) is 25.8. The van der Waals surface area contributed by atoms with Crippen LogP contribution >= 0.6 is 0 Å². The molecule has 0 aliphatic carbocycles. The quantitative estimate of drug-likeness (QED) is 0.339. The maximum atomic E-state index is 11.9. The molecule has 0 amide bonds. The molecule has 0 unspecified atom stereocenters. The lowest BCUT2D eigenvalue weighted by molar-refractivity contribution is -0.001000. The Kier molecular flexibility index (Phi) is 11.5. The second kappa shape index (κ2) is 12.4. The molecule has 1 aromatic heterocycles. The monoisotopic (exact) mass is 430 g/mol. The van der Waals surface area contributed by atoms with Gasteiger partial charge in [0.05, 0.1) is 31.9 Å². The van der Waals surface area contributed by atoms with Gasteiger partial charge in [0, 0.05) is 18.7 Å². The topological polar surface area (TPSA) is 81.0 Å². The summed E-state index contributed by atoms with van der Waals surface area (Å²) in [6.07, 6.45) is 0. The molecule has 2 aromatic rings. The molecule has 1 heterocycles. The van der Waals surface area contributed by atoms with E-state index in [0.717, 1.165) is 18.8 Å². The fourth-order valence-electron chi connectivity index (χ4n) is 2.38. The molecule has 156 valence electrons. The van der Waals surface area contributed by atoms with E-state index in [1.807, 2.05) is 20.2 Å². The van der Waals surface area contributed by atoms with E-state index < -0.39 is 11.9 Å². The predicted molar refractivity (Wildman–Crippen MR) is 97.1 cm³/mol. The van der Waals surface area contributed by atoms with E-state index in [-0.39, 0.29) is 35.9 Å². The molecule has 9 heteroatoms. The van der Waals surface area contributed by atoms with Crippen LogP contribution in [0.15, 0.2) is 34.7 Å².